The first-order chi connectivity index (χ1) is 9.55. The molecule has 2 fully saturated rings. The molecular weight excluding hydrogens is 276 g/mol. The summed E-state index contributed by atoms with van der Waals surface area (Å²) in [6, 6.07) is 0.681. The number of hydrogen-bond donors (Lipinski definition) is 1. The van der Waals surface area contributed by atoms with Crippen LogP contribution in [0, 0.1) is 5.92 Å². The molecule has 1 aromatic heterocycles. The van der Waals surface area contributed by atoms with Gasteiger partial charge in [-0.25, -0.2) is 8.42 Å². The Morgan fingerprint density at radius 1 is 1.40 bits per heavy atom. The van der Waals surface area contributed by atoms with E-state index in [2.05, 4.69) is 10.4 Å². The minimum Gasteiger partial charge on any atom is -0.314 e. The number of rotatable bonds is 5. The number of aromatic nitrogens is 2. The Kier molecular flexibility index (Phi) is 3.83. The molecule has 0 radical (unpaired) electrons. The summed E-state index contributed by atoms with van der Waals surface area (Å²) in [5.41, 5.74) is 0. The van der Waals surface area contributed by atoms with Gasteiger partial charge in [-0.05, 0) is 38.1 Å². The van der Waals surface area contributed by atoms with Crippen LogP contribution in [0.4, 0.5) is 0 Å². The molecule has 3 rings (SSSR count). The van der Waals surface area contributed by atoms with Crippen LogP contribution in [0.5, 0.6) is 0 Å². The third-order valence-corrected chi connectivity index (χ3v) is 5.89. The maximum atomic E-state index is 12.5. The van der Waals surface area contributed by atoms with Crippen molar-refractivity contribution in [2.75, 3.05) is 19.6 Å². The average molecular weight is 298 g/mol. The summed E-state index contributed by atoms with van der Waals surface area (Å²) in [5.74, 6) is 0.427. The number of piperidine rings is 1. The molecule has 1 aliphatic carbocycles. The minimum atomic E-state index is -3.37. The van der Waals surface area contributed by atoms with Crippen LogP contribution in [0.25, 0.3) is 0 Å². The van der Waals surface area contributed by atoms with E-state index in [1.165, 1.54) is 23.7 Å². The van der Waals surface area contributed by atoms with Gasteiger partial charge in [0.25, 0.3) is 0 Å². The largest absolute Gasteiger partial charge is 0.314 e. The van der Waals surface area contributed by atoms with E-state index in [1.807, 2.05) is 0 Å². The van der Waals surface area contributed by atoms with E-state index < -0.39 is 10.0 Å². The Hall–Kier alpha value is -0.920. The molecule has 20 heavy (non-hydrogen) atoms. The Morgan fingerprint density at radius 3 is 2.85 bits per heavy atom. The van der Waals surface area contributed by atoms with Gasteiger partial charge < -0.3 is 5.32 Å². The van der Waals surface area contributed by atoms with Gasteiger partial charge in [-0.15, -0.1) is 0 Å². The maximum Gasteiger partial charge on any atom is 0.246 e. The highest BCUT2D eigenvalue weighted by Crippen LogP contribution is 2.24. The van der Waals surface area contributed by atoms with Crippen molar-refractivity contribution in [3.8, 4) is 0 Å². The van der Waals surface area contributed by atoms with Crippen LogP contribution in [0.2, 0.25) is 0 Å². The van der Waals surface area contributed by atoms with Crippen molar-refractivity contribution in [3.63, 3.8) is 0 Å². The Labute approximate surface area is 120 Å². The summed E-state index contributed by atoms with van der Waals surface area (Å²) < 4.78 is 28.2. The van der Waals surface area contributed by atoms with Crippen molar-refractivity contribution in [2.45, 2.75) is 36.6 Å². The van der Waals surface area contributed by atoms with E-state index in [1.54, 1.807) is 17.5 Å². The van der Waals surface area contributed by atoms with Crippen LogP contribution in [0.1, 0.15) is 25.7 Å². The Morgan fingerprint density at radius 2 is 2.20 bits per heavy atom. The first-order valence-corrected chi connectivity index (χ1v) is 8.72. The summed E-state index contributed by atoms with van der Waals surface area (Å²) in [6.07, 6.45) is 7.59. The highest BCUT2D eigenvalue weighted by Gasteiger charge is 2.31. The van der Waals surface area contributed by atoms with E-state index in [0.29, 0.717) is 29.9 Å². The zero-order valence-electron chi connectivity index (χ0n) is 11.8. The van der Waals surface area contributed by atoms with Crippen LogP contribution in [-0.4, -0.2) is 48.2 Å². The van der Waals surface area contributed by atoms with E-state index in [9.17, 15) is 8.42 Å². The van der Waals surface area contributed by atoms with Crippen LogP contribution in [0.15, 0.2) is 17.3 Å². The second-order valence-corrected chi connectivity index (χ2v) is 7.84. The van der Waals surface area contributed by atoms with E-state index in [-0.39, 0.29) is 0 Å². The molecule has 6 nitrogen and oxygen atoms in total. The van der Waals surface area contributed by atoms with Gasteiger partial charge in [-0.2, -0.15) is 9.40 Å². The van der Waals surface area contributed by atoms with Crippen molar-refractivity contribution < 1.29 is 8.42 Å². The zero-order chi connectivity index (χ0) is 14.2. The molecule has 0 aromatic carbocycles. The van der Waals surface area contributed by atoms with Crippen molar-refractivity contribution in [1.29, 1.82) is 0 Å². The SMILES string of the molecule is Cn1cc(S(=O)(=O)N2CCCC(CNC3CC3)C2)cn1. The van der Waals surface area contributed by atoms with E-state index in [4.69, 9.17) is 0 Å². The number of aryl methyl sites for hydroxylation is 1. The molecule has 0 amide bonds. The first kappa shape index (κ1) is 14.0. The molecule has 1 unspecified atom stereocenters. The van der Waals surface area contributed by atoms with Crippen molar-refractivity contribution in [2.24, 2.45) is 13.0 Å². The molecular formula is C13H22N4O2S. The van der Waals surface area contributed by atoms with Gasteiger partial charge in [0, 0.05) is 32.4 Å². The summed E-state index contributed by atoms with van der Waals surface area (Å²) in [4.78, 5) is 0.302. The van der Waals surface area contributed by atoms with Crippen molar-refractivity contribution >= 4 is 10.0 Å². The van der Waals surface area contributed by atoms with E-state index >= 15 is 0 Å². The standard InChI is InChI=1S/C13H22N4O2S/c1-16-10-13(8-15-16)20(18,19)17-6-2-3-11(9-17)7-14-12-4-5-12/h8,10-12,14H,2-7,9H2,1H3. The molecule has 2 aliphatic rings. The lowest BCUT2D eigenvalue weighted by atomic mass is 10.00. The fourth-order valence-electron chi connectivity index (χ4n) is 2.71. The number of nitrogens with zero attached hydrogens (tertiary/aromatic N) is 3. The molecule has 1 saturated heterocycles. The quantitative estimate of drug-likeness (QED) is 0.863. The summed E-state index contributed by atoms with van der Waals surface area (Å²) >= 11 is 0. The van der Waals surface area contributed by atoms with Gasteiger partial charge in [0.1, 0.15) is 4.90 Å². The second kappa shape index (κ2) is 5.46. The lowest BCUT2D eigenvalue weighted by Gasteiger charge is -2.31. The van der Waals surface area contributed by atoms with Crippen LogP contribution in [0.3, 0.4) is 0 Å². The number of sulfonamides is 1. The van der Waals surface area contributed by atoms with Gasteiger partial charge >= 0.3 is 0 Å². The average Bonchev–Trinajstić information content (AvgIpc) is 3.16. The van der Waals surface area contributed by atoms with Crippen molar-refractivity contribution in [3.05, 3.63) is 12.4 Å². The van der Waals surface area contributed by atoms with Crippen molar-refractivity contribution in [1.82, 2.24) is 19.4 Å². The lowest BCUT2D eigenvalue weighted by Crippen LogP contribution is -2.43. The predicted molar refractivity (Wildman–Crippen MR) is 75.7 cm³/mol. The zero-order valence-corrected chi connectivity index (χ0v) is 12.6. The predicted octanol–water partition coefficient (Wildman–Crippen LogP) is 0.573. The normalized spacial score (nSPS) is 24.9. The van der Waals surface area contributed by atoms with Crippen LogP contribution in [-0.2, 0) is 17.1 Å². The summed E-state index contributed by atoms with van der Waals surface area (Å²) in [6.45, 7) is 2.18. The molecule has 2 heterocycles. The Bertz CT molecular complexity index is 565. The Balaban J connectivity index is 1.65. The van der Waals surface area contributed by atoms with Crippen LogP contribution < -0.4 is 5.32 Å². The fourth-order valence-corrected chi connectivity index (χ4v) is 4.25. The minimum absolute atomic E-state index is 0.302. The van der Waals surface area contributed by atoms with Crippen LogP contribution >= 0.6 is 0 Å². The molecule has 7 heteroatoms. The highest BCUT2D eigenvalue weighted by atomic mass is 32.2. The molecule has 1 saturated carbocycles. The molecule has 0 spiro atoms. The molecule has 112 valence electrons. The van der Waals surface area contributed by atoms with Gasteiger partial charge in [-0.1, -0.05) is 0 Å². The fraction of sp³-hybridized carbons (Fsp3) is 0.769. The van der Waals surface area contributed by atoms with Gasteiger partial charge in [0.05, 0.1) is 6.20 Å². The lowest BCUT2D eigenvalue weighted by molar-refractivity contribution is 0.259. The monoisotopic (exact) mass is 298 g/mol. The summed E-state index contributed by atoms with van der Waals surface area (Å²) in [5, 5.41) is 7.47. The third kappa shape index (κ3) is 3.05. The molecule has 0 bridgehead atoms. The topological polar surface area (TPSA) is 67.2 Å². The summed E-state index contributed by atoms with van der Waals surface area (Å²) in [7, 11) is -1.64. The molecule has 1 aliphatic heterocycles. The van der Waals surface area contributed by atoms with Gasteiger partial charge in [0.2, 0.25) is 10.0 Å². The smallest absolute Gasteiger partial charge is 0.246 e. The van der Waals surface area contributed by atoms with Gasteiger partial charge in [-0.3, -0.25) is 4.68 Å². The second-order valence-electron chi connectivity index (χ2n) is 5.90. The molecule has 1 aromatic rings. The number of hydrogen-bond acceptors (Lipinski definition) is 4. The third-order valence-electron chi connectivity index (χ3n) is 4.07. The first-order valence-electron chi connectivity index (χ1n) is 7.28. The molecule has 1 atom stereocenters. The van der Waals surface area contributed by atoms with Gasteiger partial charge in [0.15, 0.2) is 0 Å². The molecule has 1 N–H and O–H groups in total. The highest BCUT2D eigenvalue weighted by molar-refractivity contribution is 7.89. The van der Waals surface area contributed by atoms with E-state index in [0.717, 1.165) is 19.4 Å². The maximum absolute atomic E-state index is 12.5. The number of nitrogens with one attached hydrogen (secondary N) is 1.